The lowest BCUT2D eigenvalue weighted by Gasteiger charge is -2.32. The average Bonchev–Trinajstić information content (AvgIpc) is 2.49. The van der Waals surface area contributed by atoms with Crippen molar-refractivity contribution in [2.45, 2.75) is 12.6 Å². The lowest BCUT2D eigenvalue weighted by atomic mass is 10.2. The lowest BCUT2D eigenvalue weighted by molar-refractivity contribution is -0.0372. The van der Waals surface area contributed by atoms with Crippen LogP contribution in [0.25, 0.3) is 0 Å². The van der Waals surface area contributed by atoms with Crippen molar-refractivity contribution >= 4 is 15.9 Å². The highest BCUT2D eigenvalue weighted by Crippen LogP contribution is 2.21. The highest BCUT2D eigenvalue weighted by Gasteiger charge is 2.23. The van der Waals surface area contributed by atoms with Gasteiger partial charge in [-0.1, -0.05) is 30.3 Å². The van der Waals surface area contributed by atoms with E-state index >= 15 is 0 Å². The second kappa shape index (κ2) is 6.43. The number of benzene rings is 1. The molecular formula is C15H16BrN3O. The third-order valence-corrected chi connectivity index (χ3v) is 3.74. The van der Waals surface area contributed by atoms with Crippen LogP contribution in [0, 0.1) is 0 Å². The van der Waals surface area contributed by atoms with Crippen molar-refractivity contribution in [3.8, 4) is 0 Å². The predicted molar refractivity (Wildman–Crippen MR) is 80.1 cm³/mol. The molecule has 0 N–H and O–H groups in total. The minimum atomic E-state index is -0.0411. The van der Waals surface area contributed by atoms with E-state index in [1.165, 1.54) is 5.56 Å². The van der Waals surface area contributed by atoms with Crippen LogP contribution < -0.4 is 0 Å². The maximum absolute atomic E-state index is 5.79. The van der Waals surface area contributed by atoms with Crippen molar-refractivity contribution in [2.24, 2.45) is 0 Å². The van der Waals surface area contributed by atoms with E-state index in [9.17, 15) is 0 Å². The molecule has 2 heterocycles. The third kappa shape index (κ3) is 3.42. The van der Waals surface area contributed by atoms with Gasteiger partial charge < -0.3 is 4.74 Å². The molecule has 1 saturated heterocycles. The Hall–Kier alpha value is -1.30. The fraction of sp³-hybridized carbons (Fsp3) is 0.333. The number of halogens is 1. The van der Waals surface area contributed by atoms with Crippen LogP contribution in [0.5, 0.6) is 0 Å². The van der Waals surface area contributed by atoms with Gasteiger partial charge in [0.15, 0.2) is 5.82 Å². The molecule has 0 radical (unpaired) electrons. The maximum Gasteiger partial charge on any atom is 0.158 e. The molecule has 1 aliphatic heterocycles. The summed E-state index contributed by atoms with van der Waals surface area (Å²) in [6, 6.07) is 10.5. The van der Waals surface area contributed by atoms with E-state index in [4.69, 9.17) is 4.74 Å². The zero-order valence-corrected chi connectivity index (χ0v) is 12.7. The number of morpholine rings is 1. The molecule has 0 spiro atoms. The fourth-order valence-corrected chi connectivity index (χ4v) is 2.54. The molecule has 5 heteroatoms. The summed E-state index contributed by atoms with van der Waals surface area (Å²) in [7, 11) is 0. The quantitative estimate of drug-likeness (QED) is 0.865. The van der Waals surface area contributed by atoms with Gasteiger partial charge in [0, 0.05) is 32.0 Å². The van der Waals surface area contributed by atoms with Gasteiger partial charge in [-0.25, -0.2) is 9.97 Å². The largest absolute Gasteiger partial charge is 0.368 e. The normalized spacial score (nSPS) is 19.9. The molecular weight excluding hydrogens is 318 g/mol. The molecule has 0 saturated carbocycles. The lowest BCUT2D eigenvalue weighted by Crippen LogP contribution is -2.38. The summed E-state index contributed by atoms with van der Waals surface area (Å²) >= 11 is 3.35. The summed E-state index contributed by atoms with van der Waals surface area (Å²) in [5.41, 5.74) is 1.32. The first-order chi connectivity index (χ1) is 9.81. The Kier molecular flexibility index (Phi) is 4.40. The average molecular weight is 334 g/mol. The Labute approximate surface area is 126 Å². The summed E-state index contributed by atoms with van der Waals surface area (Å²) in [6.07, 6.45) is 3.49. The van der Waals surface area contributed by atoms with E-state index in [1.54, 1.807) is 12.4 Å². The van der Waals surface area contributed by atoms with Gasteiger partial charge in [0.25, 0.3) is 0 Å². The first kappa shape index (κ1) is 13.7. The molecule has 1 fully saturated rings. The number of hydrogen-bond donors (Lipinski definition) is 0. The molecule has 104 valence electrons. The standard InChI is InChI=1S/C15H16BrN3O/c16-13-8-17-15(18-9-13)14-11-19(6-7-20-14)10-12-4-2-1-3-5-12/h1-5,8-9,14H,6-7,10-11H2/t14-/m0/s1. The van der Waals surface area contributed by atoms with Crippen molar-refractivity contribution in [3.63, 3.8) is 0 Å². The van der Waals surface area contributed by atoms with Crippen LogP contribution in [-0.2, 0) is 11.3 Å². The second-order valence-electron chi connectivity index (χ2n) is 4.84. The van der Waals surface area contributed by atoms with Gasteiger partial charge in [-0.3, -0.25) is 4.90 Å². The fourth-order valence-electron chi connectivity index (χ4n) is 2.33. The summed E-state index contributed by atoms with van der Waals surface area (Å²) < 4.78 is 6.68. The number of nitrogens with zero attached hydrogens (tertiary/aromatic N) is 3. The Bertz CT molecular complexity index is 547. The Morgan fingerprint density at radius 2 is 1.95 bits per heavy atom. The highest BCUT2D eigenvalue weighted by molar-refractivity contribution is 9.10. The van der Waals surface area contributed by atoms with Crippen molar-refractivity contribution in [1.82, 2.24) is 14.9 Å². The van der Waals surface area contributed by atoms with Crippen LogP contribution in [0.3, 0.4) is 0 Å². The smallest absolute Gasteiger partial charge is 0.158 e. The summed E-state index contributed by atoms with van der Waals surface area (Å²) in [5.74, 6) is 0.756. The molecule has 2 aromatic rings. The van der Waals surface area contributed by atoms with Gasteiger partial charge in [-0.05, 0) is 21.5 Å². The number of aromatic nitrogens is 2. The van der Waals surface area contributed by atoms with Crippen LogP contribution in [-0.4, -0.2) is 34.6 Å². The summed E-state index contributed by atoms with van der Waals surface area (Å²) in [6.45, 7) is 3.44. The van der Waals surface area contributed by atoms with Crippen LogP contribution >= 0.6 is 15.9 Å². The molecule has 3 rings (SSSR count). The summed E-state index contributed by atoms with van der Waals surface area (Å²) in [5, 5.41) is 0. The molecule has 1 aliphatic rings. The SMILES string of the molecule is Brc1cnc([C@@H]2CN(Cc3ccccc3)CCO2)nc1. The van der Waals surface area contributed by atoms with E-state index in [0.29, 0.717) is 0 Å². The molecule has 0 unspecified atom stereocenters. The van der Waals surface area contributed by atoms with E-state index in [-0.39, 0.29) is 6.10 Å². The highest BCUT2D eigenvalue weighted by atomic mass is 79.9. The minimum Gasteiger partial charge on any atom is -0.368 e. The third-order valence-electron chi connectivity index (χ3n) is 3.33. The van der Waals surface area contributed by atoms with E-state index < -0.39 is 0 Å². The zero-order chi connectivity index (χ0) is 13.8. The first-order valence-corrected chi connectivity index (χ1v) is 7.46. The van der Waals surface area contributed by atoms with Crippen LogP contribution in [0.1, 0.15) is 17.5 Å². The van der Waals surface area contributed by atoms with Gasteiger partial charge in [0.2, 0.25) is 0 Å². The van der Waals surface area contributed by atoms with Gasteiger partial charge >= 0.3 is 0 Å². The molecule has 1 atom stereocenters. The molecule has 0 aliphatic carbocycles. The Balaban J connectivity index is 1.66. The summed E-state index contributed by atoms with van der Waals surface area (Å²) in [4.78, 5) is 11.1. The Morgan fingerprint density at radius 1 is 1.20 bits per heavy atom. The zero-order valence-electron chi connectivity index (χ0n) is 11.1. The van der Waals surface area contributed by atoms with Crippen LogP contribution in [0.15, 0.2) is 47.2 Å². The van der Waals surface area contributed by atoms with Gasteiger partial charge in [0.1, 0.15) is 6.10 Å². The number of ether oxygens (including phenoxy) is 1. The van der Waals surface area contributed by atoms with Crippen LogP contribution in [0.2, 0.25) is 0 Å². The number of hydrogen-bond acceptors (Lipinski definition) is 4. The van der Waals surface area contributed by atoms with Crippen molar-refractivity contribution in [2.75, 3.05) is 19.7 Å². The van der Waals surface area contributed by atoms with Gasteiger partial charge in [0.05, 0.1) is 11.1 Å². The van der Waals surface area contributed by atoms with E-state index in [0.717, 1.165) is 36.5 Å². The molecule has 0 bridgehead atoms. The van der Waals surface area contributed by atoms with E-state index in [2.05, 4.69) is 55.1 Å². The molecule has 0 amide bonds. The predicted octanol–water partition coefficient (Wildman–Crippen LogP) is 2.81. The maximum atomic E-state index is 5.79. The number of rotatable bonds is 3. The molecule has 4 nitrogen and oxygen atoms in total. The van der Waals surface area contributed by atoms with Gasteiger partial charge in [-0.15, -0.1) is 0 Å². The monoisotopic (exact) mass is 333 g/mol. The molecule has 1 aromatic carbocycles. The molecule has 1 aromatic heterocycles. The van der Waals surface area contributed by atoms with E-state index in [1.807, 2.05) is 6.07 Å². The van der Waals surface area contributed by atoms with Crippen LogP contribution in [0.4, 0.5) is 0 Å². The molecule has 20 heavy (non-hydrogen) atoms. The first-order valence-electron chi connectivity index (χ1n) is 6.66. The van der Waals surface area contributed by atoms with Crippen molar-refractivity contribution in [1.29, 1.82) is 0 Å². The topological polar surface area (TPSA) is 38.2 Å². The van der Waals surface area contributed by atoms with Crippen molar-refractivity contribution < 1.29 is 4.74 Å². The van der Waals surface area contributed by atoms with Crippen molar-refractivity contribution in [3.05, 3.63) is 58.6 Å². The second-order valence-corrected chi connectivity index (χ2v) is 5.76. The van der Waals surface area contributed by atoms with Gasteiger partial charge in [-0.2, -0.15) is 0 Å². The Morgan fingerprint density at radius 3 is 2.70 bits per heavy atom. The minimum absolute atomic E-state index is 0.0411.